The lowest BCUT2D eigenvalue weighted by molar-refractivity contribution is -0.122. The van der Waals surface area contributed by atoms with Gasteiger partial charge in [0, 0.05) is 30.2 Å². The van der Waals surface area contributed by atoms with Crippen molar-refractivity contribution >= 4 is 35.2 Å². The second-order valence-corrected chi connectivity index (χ2v) is 8.79. The Hall–Kier alpha value is -3.26. The van der Waals surface area contributed by atoms with Crippen LogP contribution in [0, 0.1) is 0 Å². The molecule has 0 spiro atoms. The molecule has 2 aromatic carbocycles. The molecule has 0 saturated heterocycles. The molecule has 178 valence electrons. The molecule has 0 aliphatic rings. The van der Waals surface area contributed by atoms with Crippen LogP contribution >= 0.6 is 11.6 Å². The molecule has 2 rings (SSSR count). The topological polar surface area (TPSA) is 106 Å². The van der Waals surface area contributed by atoms with Gasteiger partial charge in [-0.05, 0) is 69.7 Å². The van der Waals surface area contributed by atoms with Crippen molar-refractivity contribution in [1.29, 1.82) is 0 Å². The zero-order chi connectivity index (χ0) is 24.4. The van der Waals surface area contributed by atoms with Gasteiger partial charge in [0.2, 0.25) is 5.91 Å². The van der Waals surface area contributed by atoms with E-state index in [0.29, 0.717) is 23.0 Å². The van der Waals surface area contributed by atoms with Crippen LogP contribution in [0.1, 0.15) is 39.7 Å². The van der Waals surface area contributed by atoms with Gasteiger partial charge in [-0.2, -0.15) is 0 Å². The van der Waals surface area contributed by atoms with Crippen LogP contribution in [0.15, 0.2) is 48.5 Å². The normalized spacial score (nSPS) is 11.8. The first-order valence-electron chi connectivity index (χ1n) is 10.6. The van der Waals surface area contributed by atoms with Crippen molar-refractivity contribution in [3.05, 3.63) is 59.1 Å². The summed E-state index contributed by atoms with van der Waals surface area (Å²) in [5.41, 5.74) is 0.898. The van der Waals surface area contributed by atoms with Gasteiger partial charge in [0.1, 0.15) is 11.4 Å². The fourth-order valence-corrected chi connectivity index (χ4v) is 2.73. The molecule has 9 heteroatoms. The lowest BCUT2D eigenvalue weighted by atomic mass is 10.2. The smallest absolute Gasteiger partial charge is 0.407 e. The Balaban J connectivity index is 1.71. The number of nitrogens with one attached hydrogen (secondary N) is 3. The van der Waals surface area contributed by atoms with Crippen molar-refractivity contribution < 1.29 is 23.9 Å². The van der Waals surface area contributed by atoms with E-state index in [-0.39, 0.29) is 24.8 Å². The predicted molar refractivity (Wildman–Crippen MR) is 127 cm³/mol. The minimum atomic E-state index is -0.695. The third kappa shape index (κ3) is 10.3. The first-order valence-corrected chi connectivity index (χ1v) is 11.0. The number of anilines is 1. The predicted octanol–water partition coefficient (Wildman–Crippen LogP) is 4.28. The third-order valence-electron chi connectivity index (χ3n) is 4.23. The van der Waals surface area contributed by atoms with Gasteiger partial charge in [0.25, 0.3) is 5.91 Å². The summed E-state index contributed by atoms with van der Waals surface area (Å²) in [5.74, 6) is 0.0644. The molecule has 33 heavy (non-hydrogen) atoms. The Morgan fingerprint density at radius 3 is 2.21 bits per heavy atom. The molecular formula is C24H30ClN3O5. The van der Waals surface area contributed by atoms with E-state index in [4.69, 9.17) is 21.1 Å². The molecule has 1 atom stereocenters. The fraction of sp³-hybridized carbons (Fsp3) is 0.375. The van der Waals surface area contributed by atoms with Crippen molar-refractivity contribution in [2.45, 2.75) is 52.4 Å². The van der Waals surface area contributed by atoms with E-state index in [1.54, 1.807) is 76.2 Å². The van der Waals surface area contributed by atoms with Gasteiger partial charge in [0.05, 0.1) is 0 Å². The van der Waals surface area contributed by atoms with Gasteiger partial charge < -0.3 is 25.4 Å². The summed E-state index contributed by atoms with van der Waals surface area (Å²) < 4.78 is 10.7. The van der Waals surface area contributed by atoms with Crippen LogP contribution in [0.4, 0.5) is 10.5 Å². The Morgan fingerprint density at radius 2 is 1.61 bits per heavy atom. The molecule has 0 heterocycles. The zero-order valence-electron chi connectivity index (χ0n) is 19.2. The Labute approximate surface area is 199 Å². The van der Waals surface area contributed by atoms with Crippen LogP contribution in [-0.2, 0) is 20.9 Å². The molecule has 3 N–H and O–H groups in total. The highest BCUT2D eigenvalue weighted by molar-refractivity contribution is 6.30. The van der Waals surface area contributed by atoms with Crippen molar-refractivity contribution in [3.63, 3.8) is 0 Å². The van der Waals surface area contributed by atoms with E-state index < -0.39 is 17.8 Å². The molecule has 0 saturated carbocycles. The standard InChI is InChI=1S/C24H30ClN3O5/c1-16(32-20-11-7-18(25)8-12-20)22(30)28-19-9-5-17(6-10-19)15-27-21(29)13-14-26-23(31)33-24(2,3)4/h5-12,16H,13-15H2,1-4H3,(H,26,31)(H,27,29)(H,28,30). The summed E-state index contributed by atoms with van der Waals surface area (Å²) in [7, 11) is 0. The summed E-state index contributed by atoms with van der Waals surface area (Å²) in [6, 6.07) is 13.9. The first kappa shape index (κ1) is 26.0. The highest BCUT2D eigenvalue weighted by atomic mass is 35.5. The quantitative estimate of drug-likeness (QED) is 0.502. The minimum absolute atomic E-state index is 0.138. The number of carbonyl (C=O) groups excluding carboxylic acids is 3. The number of amides is 3. The van der Waals surface area contributed by atoms with Crippen LogP contribution in [0.2, 0.25) is 5.02 Å². The molecule has 3 amide bonds. The third-order valence-corrected chi connectivity index (χ3v) is 4.48. The van der Waals surface area contributed by atoms with Crippen molar-refractivity contribution in [3.8, 4) is 5.75 Å². The summed E-state index contributed by atoms with van der Waals surface area (Å²) in [6.45, 7) is 7.48. The largest absolute Gasteiger partial charge is 0.481 e. The Morgan fingerprint density at radius 1 is 0.970 bits per heavy atom. The number of alkyl carbamates (subject to hydrolysis) is 1. The van der Waals surface area contributed by atoms with E-state index in [0.717, 1.165) is 5.56 Å². The number of carbonyl (C=O) groups is 3. The van der Waals surface area contributed by atoms with Gasteiger partial charge in [-0.15, -0.1) is 0 Å². The lowest BCUT2D eigenvalue weighted by Gasteiger charge is -2.19. The lowest BCUT2D eigenvalue weighted by Crippen LogP contribution is -2.35. The van der Waals surface area contributed by atoms with Gasteiger partial charge in [-0.1, -0.05) is 23.7 Å². The van der Waals surface area contributed by atoms with E-state index in [9.17, 15) is 14.4 Å². The molecule has 0 aliphatic heterocycles. The second kappa shape index (κ2) is 12.1. The zero-order valence-corrected chi connectivity index (χ0v) is 20.0. The van der Waals surface area contributed by atoms with Gasteiger partial charge in [-0.3, -0.25) is 9.59 Å². The number of halogens is 1. The summed E-state index contributed by atoms with van der Waals surface area (Å²) >= 11 is 5.85. The van der Waals surface area contributed by atoms with E-state index in [1.165, 1.54) is 0 Å². The maximum Gasteiger partial charge on any atom is 0.407 e. The molecule has 0 radical (unpaired) electrons. The number of benzene rings is 2. The number of ether oxygens (including phenoxy) is 2. The monoisotopic (exact) mass is 475 g/mol. The van der Waals surface area contributed by atoms with Crippen LogP contribution in [-0.4, -0.2) is 36.2 Å². The molecular weight excluding hydrogens is 446 g/mol. The van der Waals surface area contributed by atoms with E-state index in [1.807, 2.05) is 0 Å². The van der Waals surface area contributed by atoms with E-state index in [2.05, 4.69) is 16.0 Å². The SMILES string of the molecule is CC(Oc1ccc(Cl)cc1)C(=O)Nc1ccc(CNC(=O)CCNC(=O)OC(C)(C)C)cc1. The van der Waals surface area contributed by atoms with Crippen LogP contribution in [0.5, 0.6) is 5.75 Å². The molecule has 8 nitrogen and oxygen atoms in total. The van der Waals surface area contributed by atoms with Gasteiger partial charge in [0.15, 0.2) is 6.10 Å². The molecule has 0 bridgehead atoms. The number of hydrogen-bond acceptors (Lipinski definition) is 5. The van der Waals surface area contributed by atoms with Gasteiger partial charge >= 0.3 is 6.09 Å². The summed E-state index contributed by atoms with van der Waals surface area (Å²) in [6.07, 6.45) is -1.11. The van der Waals surface area contributed by atoms with E-state index >= 15 is 0 Å². The Kier molecular flexibility index (Phi) is 9.54. The average molecular weight is 476 g/mol. The van der Waals surface area contributed by atoms with Gasteiger partial charge in [-0.25, -0.2) is 4.79 Å². The van der Waals surface area contributed by atoms with Crippen LogP contribution < -0.4 is 20.7 Å². The maximum atomic E-state index is 12.4. The molecule has 0 aromatic heterocycles. The highest BCUT2D eigenvalue weighted by Gasteiger charge is 2.16. The number of hydrogen-bond donors (Lipinski definition) is 3. The van der Waals surface area contributed by atoms with Crippen molar-refractivity contribution in [2.24, 2.45) is 0 Å². The average Bonchev–Trinajstić information content (AvgIpc) is 2.73. The maximum absolute atomic E-state index is 12.4. The number of rotatable bonds is 9. The summed E-state index contributed by atoms with van der Waals surface area (Å²) in [4.78, 5) is 35.9. The second-order valence-electron chi connectivity index (χ2n) is 8.36. The summed E-state index contributed by atoms with van der Waals surface area (Å²) in [5, 5.41) is 8.71. The molecule has 2 aromatic rings. The first-order chi connectivity index (χ1) is 15.5. The van der Waals surface area contributed by atoms with Crippen LogP contribution in [0.25, 0.3) is 0 Å². The highest BCUT2D eigenvalue weighted by Crippen LogP contribution is 2.17. The van der Waals surface area contributed by atoms with Crippen molar-refractivity contribution in [1.82, 2.24) is 10.6 Å². The Bertz CT molecular complexity index is 940. The van der Waals surface area contributed by atoms with Crippen molar-refractivity contribution in [2.75, 3.05) is 11.9 Å². The minimum Gasteiger partial charge on any atom is -0.481 e. The molecule has 0 aliphatic carbocycles. The van der Waals surface area contributed by atoms with Crippen LogP contribution in [0.3, 0.4) is 0 Å². The fourth-order valence-electron chi connectivity index (χ4n) is 2.60. The molecule has 0 fully saturated rings. The molecule has 1 unspecified atom stereocenters.